The number of rotatable bonds is 7. The van der Waals surface area contributed by atoms with Gasteiger partial charge in [0.2, 0.25) is 11.0 Å². The van der Waals surface area contributed by atoms with Gasteiger partial charge in [0.05, 0.1) is 5.25 Å². The van der Waals surface area contributed by atoms with Crippen LogP contribution in [0.4, 0.5) is 5.13 Å². The van der Waals surface area contributed by atoms with Crippen LogP contribution in [0.25, 0.3) is 0 Å². The number of carbonyl (C=O) groups is 1. The highest BCUT2D eigenvalue weighted by Crippen LogP contribution is 2.28. The lowest BCUT2D eigenvalue weighted by molar-refractivity contribution is -0.120. The number of aromatic nitrogens is 2. The van der Waals surface area contributed by atoms with Crippen molar-refractivity contribution in [2.24, 2.45) is 0 Å². The topological polar surface area (TPSA) is 66.9 Å². The molecule has 2 rings (SSSR count). The van der Waals surface area contributed by atoms with E-state index in [1.54, 1.807) is 0 Å². The van der Waals surface area contributed by atoms with E-state index in [0.29, 0.717) is 6.54 Å². The van der Waals surface area contributed by atoms with E-state index in [9.17, 15) is 4.79 Å². The summed E-state index contributed by atoms with van der Waals surface area (Å²) in [5, 5.41) is 14.8. The summed E-state index contributed by atoms with van der Waals surface area (Å²) < 4.78 is 0.800. The van der Waals surface area contributed by atoms with Crippen molar-refractivity contribution in [2.75, 3.05) is 11.9 Å². The first-order valence-electron chi connectivity index (χ1n) is 7.15. The minimum Gasteiger partial charge on any atom is -0.360 e. The molecule has 2 N–H and O–H groups in total. The Balaban J connectivity index is 1.82. The number of benzene rings is 1. The first kappa shape index (κ1) is 16.8. The molecule has 0 saturated heterocycles. The van der Waals surface area contributed by atoms with Crippen LogP contribution in [-0.4, -0.2) is 27.9 Å². The zero-order chi connectivity index (χ0) is 15.9. The van der Waals surface area contributed by atoms with Gasteiger partial charge in [-0.15, -0.1) is 10.2 Å². The van der Waals surface area contributed by atoms with Crippen LogP contribution in [0.2, 0.25) is 0 Å². The lowest BCUT2D eigenvalue weighted by Crippen LogP contribution is -2.30. The average molecular weight is 336 g/mol. The smallest absolute Gasteiger partial charge is 0.233 e. The highest BCUT2D eigenvalue weighted by Gasteiger charge is 2.16. The molecule has 118 valence electrons. The van der Waals surface area contributed by atoms with Crippen LogP contribution >= 0.6 is 23.1 Å². The number of hydrogen-bond acceptors (Lipinski definition) is 6. The summed E-state index contributed by atoms with van der Waals surface area (Å²) in [4.78, 5) is 12.1. The minimum absolute atomic E-state index is 0.00535. The highest BCUT2D eigenvalue weighted by molar-refractivity contribution is 8.02. The van der Waals surface area contributed by atoms with E-state index < -0.39 is 0 Å². The molecule has 1 amide bonds. The first-order chi connectivity index (χ1) is 10.6. The van der Waals surface area contributed by atoms with Gasteiger partial charge < -0.3 is 10.6 Å². The van der Waals surface area contributed by atoms with Crippen molar-refractivity contribution in [1.82, 2.24) is 15.5 Å². The van der Waals surface area contributed by atoms with Crippen LogP contribution in [0.1, 0.15) is 25.0 Å². The normalized spacial score (nSPS) is 12.0. The fraction of sp³-hybridized carbons (Fsp3) is 0.400. The third-order valence-electron chi connectivity index (χ3n) is 2.97. The third kappa shape index (κ3) is 4.99. The van der Waals surface area contributed by atoms with Gasteiger partial charge in [-0.25, -0.2) is 0 Å². The molecule has 7 heteroatoms. The number of nitrogens with zero attached hydrogens (tertiary/aromatic N) is 2. The minimum atomic E-state index is -0.201. The molecule has 0 saturated carbocycles. The Bertz CT molecular complexity index is 612. The molecule has 0 spiro atoms. The second-order valence-electron chi connectivity index (χ2n) is 4.87. The Morgan fingerprint density at radius 2 is 2.05 bits per heavy atom. The van der Waals surface area contributed by atoms with Crippen molar-refractivity contribution in [2.45, 2.75) is 36.9 Å². The van der Waals surface area contributed by atoms with E-state index in [1.807, 2.05) is 45.0 Å². The van der Waals surface area contributed by atoms with E-state index in [0.717, 1.165) is 21.6 Å². The predicted octanol–water partition coefficient (Wildman–Crippen LogP) is 3.08. The number of nitrogens with one attached hydrogen (secondary N) is 2. The highest BCUT2D eigenvalue weighted by atomic mass is 32.2. The molecule has 0 radical (unpaired) electrons. The molecule has 1 heterocycles. The van der Waals surface area contributed by atoms with Gasteiger partial charge in [-0.1, -0.05) is 52.9 Å². The van der Waals surface area contributed by atoms with E-state index in [2.05, 4.69) is 20.8 Å². The fourth-order valence-electron chi connectivity index (χ4n) is 1.72. The van der Waals surface area contributed by atoms with E-state index in [4.69, 9.17) is 0 Å². The van der Waals surface area contributed by atoms with Crippen molar-refractivity contribution >= 4 is 34.1 Å². The average Bonchev–Trinajstić information content (AvgIpc) is 2.94. The molecule has 0 aliphatic carbocycles. The number of amides is 1. The van der Waals surface area contributed by atoms with Crippen LogP contribution < -0.4 is 10.6 Å². The molecule has 0 bridgehead atoms. The molecular formula is C15H20N4OS2. The molecule has 0 fully saturated rings. The fourth-order valence-corrected chi connectivity index (χ4v) is 3.71. The van der Waals surface area contributed by atoms with Crippen molar-refractivity contribution in [3.8, 4) is 0 Å². The summed E-state index contributed by atoms with van der Waals surface area (Å²) in [5.41, 5.74) is 2.31. The largest absolute Gasteiger partial charge is 0.360 e. The maximum absolute atomic E-state index is 12.1. The molecule has 1 atom stereocenters. The molecule has 0 aliphatic heterocycles. The molecule has 2 aromatic rings. The molecule has 1 aromatic carbocycles. The van der Waals surface area contributed by atoms with Gasteiger partial charge in [0.25, 0.3) is 0 Å². The number of thioether (sulfide) groups is 1. The Hall–Kier alpha value is -1.60. The Morgan fingerprint density at radius 1 is 1.32 bits per heavy atom. The third-order valence-corrected chi connectivity index (χ3v) is 5.03. The molecular weight excluding hydrogens is 316 g/mol. The lowest BCUT2D eigenvalue weighted by atomic mass is 10.1. The number of aryl methyl sites for hydroxylation is 1. The summed E-state index contributed by atoms with van der Waals surface area (Å²) in [7, 11) is 0. The second kappa shape index (κ2) is 8.14. The van der Waals surface area contributed by atoms with Crippen molar-refractivity contribution < 1.29 is 4.79 Å². The maximum atomic E-state index is 12.1. The first-order valence-corrected chi connectivity index (χ1v) is 8.85. The number of hydrogen-bond donors (Lipinski definition) is 2. The van der Waals surface area contributed by atoms with Gasteiger partial charge in [0, 0.05) is 13.1 Å². The summed E-state index contributed by atoms with van der Waals surface area (Å²) in [5.74, 6) is 0.00535. The molecule has 5 nitrogen and oxygen atoms in total. The van der Waals surface area contributed by atoms with E-state index in [1.165, 1.54) is 28.7 Å². The number of carbonyl (C=O) groups excluding carboxylic acids is 1. The van der Waals surface area contributed by atoms with Gasteiger partial charge in [0.1, 0.15) is 0 Å². The predicted molar refractivity (Wildman–Crippen MR) is 92.4 cm³/mol. The maximum Gasteiger partial charge on any atom is 0.233 e. The molecule has 22 heavy (non-hydrogen) atoms. The molecule has 1 aromatic heterocycles. The van der Waals surface area contributed by atoms with Gasteiger partial charge >= 0.3 is 0 Å². The summed E-state index contributed by atoms with van der Waals surface area (Å²) in [6, 6.07) is 8.15. The van der Waals surface area contributed by atoms with E-state index in [-0.39, 0.29) is 11.2 Å². The monoisotopic (exact) mass is 336 g/mol. The van der Waals surface area contributed by atoms with Crippen LogP contribution in [-0.2, 0) is 11.3 Å². The molecule has 1 unspecified atom stereocenters. The van der Waals surface area contributed by atoms with Crippen molar-refractivity contribution in [3.05, 3.63) is 35.4 Å². The summed E-state index contributed by atoms with van der Waals surface area (Å²) in [6.45, 7) is 7.29. The summed E-state index contributed by atoms with van der Waals surface area (Å²) >= 11 is 2.90. The Morgan fingerprint density at radius 3 is 2.73 bits per heavy atom. The van der Waals surface area contributed by atoms with Gasteiger partial charge in [-0.05, 0) is 26.3 Å². The van der Waals surface area contributed by atoms with Crippen LogP contribution in [0, 0.1) is 6.92 Å². The van der Waals surface area contributed by atoms with Crippen LogP contribution in [0.15, 0.2) is 28.6 Å². The van der Waals surface area contributed by atoms with Crippen LogP contribution in [0.3, 0.4) is 0 Å². The van der Waals surface area contributed by atoms with Gasteiger partial charge in [0.15, 0.2) is 4.34 Å². The summed E-state index contributed by atoms with van der Waals surface area (Å²) in [6.07, 6.45) is 0. The second-order valence-corrected chi connectivity index (χ2v) is 7.43. The quantitative estimate of drug-likeness (QED) is 0.761. The van der Waals surface area contributed by atoms with E-state index >= 15 is 0 Å². The SMILES string of the molecule is CCNc1nnc(SC(C)C(=O)NCc2ccc(C)cc2)s1. The zero-order valence-corrected chi connectivity index (χ0v) is 14.6. The van der Waals surface area contributed by atoms with Gasteiger partial charge in [-0.2, -0.15) is 0 Å². The van der Waals surface area contributed by atoms with Crippen molar-refractivity contribution in [3.63, 3.8) is 0 Å². The Labute approximate surface area is 138 Å². The number of anilines is 1. The van der Waals surface area contributed by atoms with Crippen molar-refractivity contribution in [1.29, 1.82) is 0 Å². The standard InChI is InChI=1S/C15H20N4OS2/c1-4-16-14-18-19-15(22-14)21-11(3)13(20)17-9-12-7-5-10(2)6-8-12/h5-8,11H,4,9H2,1-3H3,(H,16,18)(H,17,20). The lowest BCUT2D eigenvalue weighted by Gasteiger charge is -2.10. The zero-order valence-electron chi connectivity index (χ0n) is 12.9. The Kier molecular flexibility index (Phi) is 6.21. The van der Waals surface area contributed by atoms with Gasteiger partial charge in [-0.3, -0.25) is 4.79 Å². The van der Waals surface area contributed by atoms with Crippen LogP contribution in [0.5, 0.6) is 0 Å². The molecule has 0 aliphatic rings.